The van der Waals surface area contributed by atoms with Gasteiger partial charge in [0.1, 0.15) is 17.2 Å². The first-order chi connectivity index (χ1) is 12.0. The maximum absolute atomic E-state index is 13.1. The molecule has 26 heavy (non-hydrogen) atoms. The van der Waals surface area contributed by atoms with Crippen LogP contribution in [0.3, 0.4) is 0 Å². The number of benzene rings is 1. The van der Waals surface area contributed by atoms with Crippen LogP contribution in [0.4, 0.5) is 9.18 Å². The Hall–Kier alpha value is -2.44. The second-order valence-electron chi connectivity index (χ2n) is 7.97. The van der Waals surface area contributed by atoms with E-state index in [4.69, 9.17) is 4.74 Å². The fourth-order valence-electron chi connectivity index (χ4n) is 2.38. The Kier molecular flexibility index (Phi) is 5.68. The topological polar surface area (TPSA) is 69.0 Å². The van der Waals surface area contributed by atoms with Crippen LogP contribution in [0.15, 0.2) is 24.3 Å². The summed E-state index contributed by atoms with van der Waals surface area (Å²) in [7, 11) is 0. The molecule has 0 aliphatic rings. The van der Waals surface area contributed by atoms with Crippen molar-refractivity contribution in [3.8, 4) is 11.4 Å². The van der Waals surface area contributed by atoms with E-state index in [0.717, 1.165) is 11.4 Å². The van der Waals surface area contributed by atoms with Crippen molar-refractivity contribution in [2.75, 3.05) is 0 Å². The van der Waals surface area contributed by atoms with Gasteiger partial charge in [-0.05, 0) is 72.2 Å². The Morgan fingerprint density at radius 3 is 2.38 bits per heavy atom. The molecule has 0 fully saturated rings. The molecular formula is C19H27FN4O2. The van der Waals surface area contributed by atoms with Gasteiger partial charge in [-0.3, -0.25) is 0 Å². The third kappa shape index (κ3) is 5.82. The number of nitrogens with one attached hydrogen (secondary N) is 1. The van der Waals surface area contributed by atoms with E-state index < -0.39 is 17.2 Å². The summed E-state index contributed by atoms with van der Waals surface area (Å²) in [5.74, 6) is 1.03. The Bertz CT molecular complexity index is 761. The number of hydrogen-bond acceptors (Lipinski definition) is 4. The molecule has 6 nitrogen and oxygen atoms in total. The minimum Gasteiger partial charge on any atom is -0.444 e. The second-order valence-corrected chi connectivity index (χ2v) is 7.97. The molecule has 1 heterocycles. The number of carbonyl (C=O) groups excluding carboxylic acids is 1. The van der Waals surface area contributed by atoms with Crippen LogP contribution in [0.25, 0.3) is 11.4 Å². The number of amides is 1. The van der Waals surface area contributed by atoms with Crippen molar-refractivity contribution in [2.24, 2.45) is 0 Å². The average molecular weight is 362 g/mol. The van der Waals surface area contributed by atoms with E-state index in [1.165, 1.54) is 12.1 Å². The molecule has 0 saturated carbocycles. The zero-order valence-corrected chi connectivity index (χ0v) is 16.3. The van der Waals surface area contributed by atoms with Crippen LogP contribution in [-0.2, 0) is 11.3 Å². The molecule has 0 unspecified atom stereocenters. The van der Waals surface area contributed by atoms with Gasteiger partial charge in [-0.15, -0.1) is 0 Å². The van der Waals surface area contributed by atoms with E-state index >= 15 is 0 Å². The maximum atomic E-state index is 13.1. The van der Waals surface area contributed by atoms with Crippen LogP contribution in [0.1, 0.15) is 46.9 Å². The van der Waals surface area contributed by atoms with Crippen LogP contribution in [0.5, 0.6) is 0 Å². The van der Waals surface area contributed by atoms with Crippen molar-refractivity contribution in [1.29, 1.82) is 0 Å². The molecule has 7 heteroatoms. The van der Waals surface area contributed by atoms with Gasteiger partial charge in [0, 0.05) is 17.6 Å². The van der Waals surface area contributed by atoms with Gasteiger partial charge in [0.15, 0.2) is 5.82 Å². The predicted octanol–water partition coefficient (Wildman–Crippen LogP) is 4.09. The summed E-state index contributed by atoms with van der Waals surface area (Å²) in [6, 6.07) is 6.09. The lowest BCUT2D eigenvalue weighted by Crippen LogP contribution is -2.46. The minimum absolute atomic E-state index is 0.292. The van der Waals surface area contributed by atoms with E-state index in [2.05, 4.69) is 15.4 Å². The van der Waals surface area contributed by atoms with Crippen molar-refractivity contribution in [3.63, 3.8) is 0 Å². The smallest absolute Gasteiger partial charge is 0.408 e. The maximum Gasteiger partial charge on any atom is 0.408 e. The summed E-state index contributed by atoms with van der Waals surface area (Å²) < 4.78 is 20.1. The first kappa shape index (κ1) is 19.9. The lowest BCUT2D eigenvalue weighted by Gasteiger charge is -2.28. The molecule has 0 atom stereocenters. The SMILES string of the molecule is Cc1nc(-c2ccc(F)cc2)nn1CCC(C)(C)NC(=O)OC(C)(C)C. The fraction of sp³-hybridized carbons (Fsp3) is 0.526. The Morgan fingerprint density at radius 2 is 1.81 bits per heavy atom. The summed E-state index contributed by atoms with van der Waals surface area (Å²) in [6.07, 6.45) is 0.212. The molecule has 1 aromatic carbocycles. The lowest BCUT2D eigenvalue weighted by atomic mass is 10.0. The van der Waals surface area contributed by atoms with Gasteiger partial charge < -0.3 is 10.1 Å². The van der Waals surface area contributed by atoms with Gasteiger partial charge in [-0.25, -0.2) is 18.9 Å². The molecule has 0 spiro atoms. The van der Waals surface area contributed by atoms with Gasteiger partial charge >= 0.3 is 6.09 Å². The number of rotatable bonds is 5. The summed E-state index contributed by atoms with van der Waals surface area (Å²) in [5.41, 5.74) is -0.233. The fourth-order valence-corrected chi connectivity index (χ4v) is 2.38. The molecule has 0 bridgehead atoms. The van der Waals surface area contributed by atoms with Gasteiger partial charge in [-0.1, -0.05) is 0 Å². The second kappa shape index (κ2) is 7.43. The molecule has 142 valence electrons. The number of aromatic nitrogens is 3. The standard InChI is InChI=1S/C19H27FN4O2/c1-13-21-16(14-7-9-15(20)10-8-14)23-24(13)12-11-19(5,6)22-17(25)26-18(2,3)4/h7-10H,11-12H2,1-6H3,(H,22,25). The molecule has 1 amide bonds. The number of hydrogen-bond donors (Lipinski definition) is 1. The molecule has 2 rings (SSSR count). The van der Waals surface area contributed by atoms with E-state index in [1.807, 2.05) is 41.5 Å². The van der Waals surface area contributed by atoms with Crippen LogP contribution >= 0.6 is 0 Å². The van der Waals surface area contributed by atoms with Crippen molar-refractivity contribution in [3.05, 3.63) is 35.9 Å². The molecule has 0 aliphatic heterocycles. The molecule has 1 aromatic heterocycles. The highest BCUT2D eigenvalue weighted by atomic mass is 19.1. The van der Waals surface area contributed by atoms with Crippen molar-refractivity contribution in [1.82, 2.24) is 20.1 Å². The molecule has 2 aromatic rings. The number of carbonyl (C=O) groups is 1. The van der Waals surface area contributed by atoms with Gasteiger partial charge in [0.05, 0.1) is 0 Å². The van der Waals surface area contributed by atoms with Crippen LogP contribution in [-0.4, -0.2) is 32.0 Å². The third-order valence-electron chi connectivity index (χ3n) is 3.75. The van der Waals surface area contributed by atoms with Crippen LogP contribution < -0.4 is 5.32 Å². The quantitative estimate of drug-likeness (QED) is 0.870. The normalized spacial score (nSPS) is 12.1. The van der Waals surface area contributed by atoms with Crippen molar-refractivity contribution >= 4 is 6.09 Å². The highest BCUT2D eigenvalue weighted by Gasteiger charge is 2.25. The monoisotopic (exact) mass is 362 g/mol. The summed E-state index contributed by atoms with van der Waals surface area (Å²) in [6.45, 7) is 11.8. The number of ether oxygens (including phenoxy) is 1. The van der Waals surface area contributed by atoms with Crippen LogP contribution in [0, 0.1) is 12.7 Å². The average Bonchev–Trinajstić information content (AvgIpc) is 2.84. The molecular weight excluding hydrogens is 335 g/mol. The third-order valence-corrected chi connectivity index (χ3v) is 3.75. The Morgan fingerprint density at radius 1 is 1.19 bits per heavy atom. The van der Waals surface area contributed by atoms with E-state index in [1.54, 1.807) is 16.8 Å². The first-order valence-corrected chi connectivity index (χ1v) is 8.64. The number of alkyl carbamates (subject to hydrolysis) is 1. The zero-order valence-electron chi connectivity index (χ0n) is 16.3. The highest BCUT2D eigenvalue weighted by molar-refractivity contribution is 5.68. The number of halogens is 1. The van der Waals surface area contributed by atoms with Gasteiger partial charge in [0.25, 0.3) is 0 Å². The Labute approximate surface area is 153 Å². The summed E-state index contributed by atoms with van der Waals surface area (Å²) in [4.78, 5) is 16.4. The predicted molar refractivity (Wildman–Crippen MR) is 98.2 cm³/mol. The van der Waals surface area contributed by atoms with Crippen molar-refractivity contribution in [2.45, 2.75) is 65.6 Å². The summed E-state index contributed by atoms with van der Waals surface area (Å²) in [5, 5.41) is 7.37. The summed E-state index contributed by atoms with van der Waals surface area (Å²) >= 11 is 0. The van der Waals surface area contributed by atoms with Gasteiger partial charge in [0.2, 0.25) is 0 Å². The largest absolute Gasteiger partial charge is 0.444 e. The first-order valence-electron chi connectivity index (χ1n) is 8.64. The molecule has 1 N–H and O–H groups in total. The van der Waals surface area contributed by atoms with E-state index in [-0.39, 0.29) is 5.82 Å². The molecule has 0 aliphatic carbocycles. The highest BCUT2D eigenvalue weighted by Crippen LogP contribution is 2.18. The van der Waals surface area contributed by atoms with Gasteiger partial charge in [-0.2, -0.15) is 5.10 Å². The van der Waals surface area contributed by atoms with E-state index in [9.17, 15) is 9.18 Å². The zero-order chi connectivity index (χ0) is 19.5. The molecule has 0 saturated heterocycles. The lowest BCUT2D eigenvalue weighted by molar-refractivity contribution is 0.0465. The number of nitrogens with zero attached hydrogens (tertiary/aromatic N) is 3. The molecule has 0 radical (unpaired) electrons. The number of aryl methyl sites for hydroxylation is 2. The van der Waals surface area contributed by atoms with Crippen LogP contribution in [0.2, 0.25) is 0 Å². The Balaban J connectivity index is 2.00. The van der Waals surface area contributed by atoms with E-state index in [0.29, 0.717) is 18.8 Å². The minimum atomic E-state index is -0.535. The van der Waals surface area contributed by atoms with Crippen molar-refractivity contribution < 1.29 is 13.9 Å².